The van der Waals surface area contributed by atoms with E-state index in [-0.39, 0.29) is 21.0 Å². The van der Waals surface area contributed by atoms with Gasteiger partial charge in [-0.15, -0.1) is 0 Å². The number of nitrogens with one attached hydrogen (secondary N) is 2. The van der Waals surface area contributed by atoms with Crippen LogP contribution < -0.4 is 0 Å². The van der Waals surface area contributed by atoms with Crippen molar-refractivity contribution in [2.45, 2.75) is 84.6 Å². The number of carbonyl (C=O) groups excluding carboxylic acids is 2. The molecule has 0 bridgehead atoms. The number of imidazole rings is 2. The van der Waals surface area contributed by atoms with Crippen molar-refractivity contribution >= 4 is 12.2 Å². The van der Waals surface area contributed by atoms with Gasteiger partial charge in [0.1, 0.15) is 22.9 Å². The molecule has 1 aliphatic rings. The van der Waals surface area contributed by atoms with E-state index in [9.17, 15) is 9.59 Å². The van der Waals surface area contributed by atoms with Crippen LogP contribution in [0.15, 0.2) is 60.9 Å². The van der Waals surface area contributed by atoms with Crippen molar-refractivity contribution in [3.63, 3.8) is 0 Å². The van der Waals surface area contributed by atoms with Crippen LogP contribution in [0.5, 0.6) is 0 Å². The van der Waals surface area contributed by atoms with Gasteiger partial charge in [0.15, 0.2) is 0 Å². The molecule has 0 spiro atoms. The van der Waals surface area contributed by atoms with Crippen molar-refractivity contribution in [1.29, 1.82) is 0 Å². The van der Waals surface area contributed by atoms with Crippen LogP contribution in [0.1, 0.15) is 87.9 Å². The first-order chi connectivity index (χ1) is 21.2. The van der Waals surface area contributed by atoms with E-state index in [4.69, 9.17) is 9.47 Å². The molecule has 2 atom stereocenters. The predicted molar refractivity (Wildman–Crippen MR) is 179 cm³/mol. The Morgan fingerprint density at radius 2 is 1.36 bits per heavy atom. The van der Waals surface area contributed by atoms with Gasteiger partial charge >= 0.3 is 12.2 Å². The summed E-state index contributed by atoms with van der Waals surface area (Å²) in [4.78, 5) is 44.5. The van der Waals surface area contributed by atoms with Gasteiger partial charge in [0.2, 0.25) is 0 Å². The summed E-state index contributed by atoms with van der Waals surface area (Å²) in [5.74, 6) is 1.46. The minimum Gasteiger partial charge on any atom is -0.444 e. The molecule has 4 aromatic rings. The van der Waals surface area contributed by atoms with Crippen LogP contribution in [0.2, 0.25) is 0 Å². The molecule has 1 saturated heterocycles. The number of benzene rings is 2. The van der Waals surface area contributed by atoms with Crippen LogP contribution >= 0.6 is 0 Å². The van der Waals surface area contributed by atoms with E-state index in [0.717, 1.165) is 52.3 Å². The molecule has 10 nitrogen and oxygen atoms in total. The Hall–Kier alpha value is -4.60. The molecule has 45 heavy (non-hydrogen) atoms. The zero-order valence-corrected chi connectivity index (χ0v) is 27.5. The maximum atomic E-state index is 12.7. The average molecular weight is 617 g/mol. The second kappa shape index (κ2) is 12.4. The molecule has 1 fully saturated rings. The van der Waals surface area contributed by atoms with Crippen molar-refractivity contribution < 1.29 is 21.9 Å². The van der Waals surface area contributed by atoms with Gasteiger partial charge < -0.3 is 24.3 Å². The number of hydrogen-bond donors (Lipinski definition) is 2. The van der Waals surface area contributed by atoms with Crippen molar-refractivity contribution in [3.8, 4) is 33.6 Å². The second-order valence-corrected chi connectivity index (χ2v) is 13.6. The Morgan fingerprint density at radius 1 is 0.844 bits per heavy atom. The SMILES string of the molecule is C[C@@H](c1ncc(-c2ccc(-c3ccc(-c4cnc([C@@H]5CCCN5C(=O)OC(C)(C)C)[nH]4)cc3)cc2)[nH]1)N(C)C(=O)OC(C)(C)C.[HH].[HH]. The molecule has 2 aromatic heterocycles. The number of amides is 2. The van der Waals surface area contributed by atoms with Gasteiger partial charge in [-0.05, 0) is 83.6 Å². The van der Waals surface area contributed by atoms with Crippen LogP contribution in [0.4, 0.5) is 9.59 Å². The maximum Gasteiger partial charge on any atom is 0.410 e. The summed E-state index contributed by atoms with van der Waals surface area (Å²) >= 11 is 0. The summed E-state index contributed by atoms with van der Waals surface area (Å²) in [5.41, 5.74) is 4.88. The van der Waals surface area contributed by atoms with Gasteiger partial charge in [-0.1, -0.05) is 48.5 Å². The first kappa shape index (κ1) is 31.8. The summed E-state index contributed by atoms with van der Waals surface area (Å²) in [6, 6.07) is 16.2. The molecule has 0 saturated carbocycles. The lowest BCUT2D eigenvalue weighted by atomic mass is 10.0. The second-order valence-electron chi connectivity index (χ2n) is 13.6. The van der Waals surface area contributed by atoms with E-state index < -0.39 is 17.3 Å². The first-order valence-corrected chi connectivity index (χ1v) is 15.4. The maximum absolute atomic E-state index is 12.7. The van der Waals surface area contributed by atoms with Crippen LogP contribution in [0.3, 0.4) is 0 Å². The minimum absolute atomic E-state index is 0. The van der Waals surface area contributed by atoms with Crippen LogP contribution in [-0.2, 0) is 9.47 Å². The smallest absolute Gasteiger partial charge is 0.410 e. The quantitative estimate of drug-likeness (QED) is 0.224. The van der Waals surface area contributed by atoms with Crippen LogP contribution in [0.25, 0.3) is 33.6 Å². The fourth-order valence-electron chi connectivity index (χ4n) is 5.30. The van der Waals surface area contributed by atoms with Gasteiger partial charge in [0.05, 0.1) is 35.9 Å². The lowest BCUT2D eigenvalue weighted by molar-refractivity contribution is 0.0212. The Morgan fingerprint density at radius 3 is 1.91 bits per heavy atom. The van der Waals surface area contributed by atoms with Gasteiger partial charge in [-0.2, -0.15) is 0 Å². The van der Waals surface area contributed by atoms with E-state index >= 15 is 0 Å². The molecule has 0 aliphatic carbocycles. The Balaban J connectivity index is 0.00000300. The third kappa shape index (κ3) is 7.56. The zero-order valence-electron chi connectivity index (χ0n) is 27.5. The Kier molecular flexibility index (Phi) is 8.78. The highest BCUT2D eigenvalue weighted by atomic mass is 16.6. The minimum atomic E-state index is -0.563. The monoisotopic (exact) mass is 616 g/mol. The molecule has 5 rings (SSSR count). The Bertz CT molecular complexity index is 1640. The number of aromatic nitrogens is 4. The molecule has 2 amide bonds. The molecular weight excluding hydrogens is 568 g/mol. The van der Waals surface area contributed by atoms with Crippen molar-refractivity contribution in [1.82, 2.24) is 29.7 Å². The van der Waals surface area contributed by atoms with Gasteiger partial charge in [0.25, 0.3) is 0 Å². The van der Waals surface area contributed by atoms with Crippen LogP contribution in [0, 0.1) is 0 Å². The normalized spacial score (nSPS) is 16.0. The van der Waals surface area contributed by atoms with Gasteiger partial charge in [-0.25, -0.2) is 19.6 Å². The standard InChI is InChI=1S/C35H44N6O4.2H2/c1-22(40(8)32(42)44-34(2,3)4)30-36-20-27(38-30)25-15-11-23(12-16-25)24-13-17-26(18-14-24)28-21-37-31(39-28)29-10-9-19-41(29)33(43)45-35(5,6)7;;/h11-18,20-22,29H,9-10,19H2,1-8H3,(H,36,38)(H,37,39);2*1H/t22-,29-;;/m0../s1. The number of H-pyrrole nitrogens is 2. The van der Waals surface area contributed by atoms with Crippen LogP contribution in [-0.4, -0.2) is 66.7 Å². The predicted octanol–water partition coefficient (Wildman–Crippen LogP) is 8.63. The molecule has 2 aromatic carbocycles. The fraction of sp³-hybridized carbons (Fsp3) is 0.429. The van der Waals surface area contributed by atoms with Crippen molar-refractivity contribution in [2.75, 3.05) is 13.6 Å². The summed E-state index contributed by atoms with van der Waals surface area (Å²) in [5, 5.41) is 0. The number of ether oxygens (including phenoxy) is 2. The molecule has 0 unspecified atom stereocenters. The van der Waals surface area contributed by atoms with Gasteiger partial charge in [0, 0.05) is 16.4 Å². The fourth-order valence-corrected chi connectivity index (χ4v) is 5.30. The average Bonchev–Trinajstić information content (AvgIpc) is 3.75. The zero-order chi connectivity index (χ0) is 32.5. The van der Waals surface area contributed by atoms with Crippen molar-refractivity contribution in [2.24, 2.45) is 0 Å². The van der Waals surface area contributed by atoms with E-state index in [1.54, 1.807) is 18.1 Å². The third-order valence-electron chi connectivity index (χ3n) is 7.77. The molecule has 10 heteroatoms. The number of aromatic amines is 2. The topological polar surface area (TPSA) is 116 Å². The third-order valence-corrected chi connectivity index (χ3v) is 7.77. The molecule has 0 radical (unpaired) electrons. The summed E-state index contributed by atoms with van der Waals surface area (Å²) in [6.07, 6.45) is 4.69. The summed E-state index contributed by atoms with van der Waals surface area (Å²) in [6.45, 7) is 13.8. The van der Waals surface area contributed by atoms with Gasteiger partial charge in [-0.3, -0.25) is 4.90 Å². The molecule has 3 heterocycles. The van der Waals surface area contributed by atoms with E-state index in [1.807, 2.05) is 54.7 Å². The molecule has 242 valence electrons. The highest BCUT2D eigenvalue weighted by Gasteiger charge is 2.35. The molecule has 2 N–H and O–H groups in total. The molecule has 1 aliphatic heterocycles. The lowest BCUT2D eigenvalue weighted by Crippen LogP contribution is -2.36. The number of nitrogens with zero attached hydrogens (tertiary/aromatic N) is 4. The summed E-state index contributed by atoms with van der Waals surface area (Å²) < 4.78 is 11.1. The summed E-state index contributed by atoms with van der Waals surface area (Å²) in [7, 11) is 1.71. The number of carbonyl (C=O) groups is 2. The largest absolute Gasteiger partial charge is 0.444 e. The highest BCUT2D eigenvalue weighted by Crippen LogP contribution is 2.33. The Labute approximate surface area is 268 Å². The number of likely N-dealkylation sites (tertiary alicyclic amines) is 1. The van der Waals surface area contributed by atoms with E-state index in [2.05, 4.69) is 68.5 Å². The van der Waals surface area contributed by atoms with Crippen molar-refractivity contribution in [3.05, 3.63) is 72.6 Å². The highest BCUT2D eigenvalue weighted by molar-refractivity contribution is 5.72. The number of rotatable bonds is 6. The number of hydrogen-bond acceptors (Lipinski definition) is 6. The van der Waals surface area contributed by atoms with E-state index in [0.29, 0.717) is 12.4 Å². The lowest BCUT2D eigenvalue weighted by Gasteiger charge is -2.27. The first-order valence-electron chi connectivity index (χ1n) is 15.4. The van der Waals surface area contributed by atoms with E-state index in [1.165, 1.54) is 4.90 Å². The molecular formula is C35H48N6O4.